The van der Waals surface area contributed by atoms with Crippen LogP contribution in [0, 0.1) is 0 Å². The molecule has 1 unspecified atom stereocenters. The van der Waals surface area contributed by atoms with Crippen LogP contribution in [0.25, 0.3) is 0 Å². The van der Waals surface area contributed by atoms with Gasteiger partial charge in [0.05, 0.1) is 6.42 Å². The number of thioether (sulfide) groups is 1. The molecule has 1 rings (SSSR count). The molecule has 1 aromatic carbocycles. The normalized spacial score (nSPS) is 11.7. The zero-order valence-electron chi connectivity index (χ0n) is 11.0. The Hall–Kier alpha value is -1.69. The summed E-state index contributed by atoms with van der Waals surface area (Å²) in [5, 5.41) is 14.0. The first-order chi connectivity index (χ1) is 9.05. The number of rotatable bonds is 6. The Morgan fingerprint density at radius 3 is 2.42 bits per heavy atom. The van der Waals surface area contributed by atoms with E-state index < -0.39 is 5.97 Å². The Bertz CT molecular complexity index is 434. The molecule has 2 amide bonds. The van der Waals surface area contributed by atoms with Gasteiger partial charge in [0, 0.05) is 16.6 Å². The molecule has 5 nitrogen and oxygen atoms in total. The van der Waals surface area contributed by atoms with Gasteiger partial charge in [-0.15, -0.1) is 11.8 Å². The quantitative estimate of drug-likeness (QED) is 0.701. The summed E-state index contributed by atoms with van der Waals surface area (Å²) in [6.07, 6.45) is 2.48. The number of nitrogens with one attached hydrogen (secondary N) is 2. The van der Waals surface area contributed by atoms with E-state index in [9.17, 15) is 9.59 Å². The van der Waals surface area contributed by atoms with E-state index in [2.05, 4.69) is 10.6 Å². The first kappa shape index (κ1) is 15.4. The van der Waals surface area contributed by atoms with E-state index >= 15 is 0 Å². The van der Waals surface area contributed by atoms with Gasteiger partial charge in [-0.1, -0.05) is 6.92 Å². The fraction of sp³-hybridized carbons (Fsp3) is 0.385. The number of hydrogen-bond donors (Lipinski definition) is 3. The van der Waals surface area contributed by atoms with Crippen molar-refractivity contribution < 1.29 is 14.7 Å². The lowest BCUT2D eigenvalue weighted by molar-refractivity contribution is -0.137. The third-order valence-electron chi connectivity index (χ3n) is 2.60. The second-order valence-electron chi connectivity index (χ2n) is 4.03. The van der Waals surface area contributed by atoms with Crippen LogP contribution < -0.4 is 10.6 Å². The van der Waals surface area contributed by atoms with Crippen LogP contribution in [0.3, 0.4) is 0 Å². The minimum atomic E-state index is -0.920. The van der Waals surface area contributed by atoms with E-state index in [0.29, 0.717) is 12.1 Å². The molecule has 19 heavy (non-hydrogen) atoms. The summed E-state index contributed by atoms with van der Waals surface area (Å²) in [6, 6.07) is 6.70. The highest BCUT2D eigenvalue weighted by Crippen LogP contribution is 2.17. The number of anilines is 1. The zero-order chi connectivity index (χ0) is 14.3. The van der Waals surface area contributed by atoms with Gasteiger partial charge in [0.2, 0.25) is 0 Å². The lowest BCUT2D eigenvalue weighted by Gasteiger charge is -2.15. The molecular formula is C13H18N2O3S. The summed E-state index contributed by atoms with van der Waals surface area (Å²) >= 11 is 1.62. The molecule has 0 fully saturated rings. The minimum absolute atomic E-state index is 0.0741. The number of aliphatic carboxylic acids is 1. The molecule has 0 aliphatic heterocycles. The van der Waals surface area contributed by atoms with Gasteiger partial charge in [-0.25, -0.2) is 4.79 Å². The first-order valence-electron chi connectivity index (χ1n) is 5.98. The van der Waals surface area contributed by atoms with Crippen LogP contribution in [0.4, 0.5) is 10.5 Å². The summed E-state index contributed by atoms with van der Waals surface area (Å²) in [7, 11) is 0. The van der Waals surface area contributed by atoms with E-state index in [0.717, 1.165) is 4.90 Å². The molecule has 0 saturated heterocycles. The number of amides is 2. The van der Waals surface area contributed by atoms with Gasteiger partial charge in [0.25, 0.3) is 0 Å². The van der Waals surface area contributed by atoms with E-state index in [-0.39, 0.29) is 18.5 Å². The maximum absolute atomic E-state index is 11.7. The number of carbonyl (C=O) groups is 2. The molecule has 104 valence electrons. The molecule has 0 radical (unpaired) electrons. The summed E-state index contributed by atoms with van der Waals surface area (Å²) in [5.41, 5.74) is 0.681. The topological polar surface area (TPSA) is 78.4 Å². The highest BCUT2D eigenvalue weighted by molar-refractivity contribution is 7.98. The minimum Gasteiger partial charge on any atom is -0.481 e. The van der Waals surface area contributed by atoms with Crippen molar-refractivity contribution in [3.05, 3.63) is 24.3 Å². The monoisotopic (exact) mass is 282 g/mol. The van der Waals surface area contributed by atoms with Crippen molar-refractivity contribution in [2.24, 2.45) is 0 Å². The lowest BCUT2D eigenvalue weighted by atomic mass is 10.1. The first-order valence-corrected chi connectivity index (χ1v) is 7.21. The molecule has 0 aromatic heterocycles. The smallest absolute Gasteiger partial charge is 0.319 e. The fourth-order valence-electron chi connectivity index (χ4n) is 1.54. The van der Waals surface area contributed by atoms with Gasteiger partial charge in [-0.3, -0.25) is 4.79 Å². The zero-order valence-corrected chi connectivity index (χ0v) is 11.8. The molecule has 1 aromatic rings. The second-order valence-corrected chi connectivity index (χ2v) is 4.91. The second kappa shape index (κ2) is 7.68. The molecule has 6 heteroatoms. The SMILES string of the molecule is CCC(CC(=O)O)NC(=O)Nc1ccc(SC)cc1. The van der Waals surface area contributed by atoms with E-state index in [1.165, 1.54) is 0 Å². The summed E-state index contributed by atoms with van der Waals surface area (Å²) in [5.74, 6) is -0.920. The van der Waals surface area contributed by atoms with Crippen LogP contribution in [0.2, 0.25) is 0 Å². The molecule has 0 aliphatic carbocycles. The van der Waals surface area contributed by atoms with Crippen molar-refractivity contribution in [3.63, 3.8) is 0 Å². The molecule has 1 atom stereocenters. The molecule has 0 saturated carbocycles. The molecule has 0 spiro atoms. The Morgan fingerprint density at radius 1 is 1.32 bits per heavy atom. The Kier molecular flexibility index (Phi) is 6.21. The Labute approximate surface area is 116 Å². The van der Waals surface area contributed by atoms with Crippen LogP contribution in [0.5, 0.6) is 0 Å². The van der Waals surface area contributed by atoms with Gasteiger partial charge in [0.15, 0.2) is 0 Å². The van der Waals surface area contributed by atoms with Crippen molar-refractivity contribution in [3.8, 4) is 0 Å². The predicted molar refractivity (Wildman–Crippen MR) is 76.7 cm³/mol. The molecule has 0 bridgehead atoms. The average Bonchev–Trinajstić information content (AvgIpc) is 2.38. The lowest BCUT2D eigenvalue weighted by Crippen LogP contribution is -2.38. The van der Waals surface area contributed by atoms with Gasteiger partial charge >= 0.3 is 12.0 Å². The van der Waals surface area contributed by atoms with Gasteiger partial charge in [-0.05, 0) is 36.9 Å². The number of carboxylic acid groups (broad SMARTS) is 1. The van der Waals surface area contributed by atoms with Gasteiger partial charge in [0.1, 0.15) is 0 Å². The largest absolute Gasteiger partial charge is 0.481 e. The number of carboxylic acids is 1. The van der Waals surface area contributed by atoms with Crippen LogP contribution in [-0.2, 0) is 4.79 Å². The maximum Gasteiger partial charge on any atom is 0.319 e. The van der Waals surface area contributed by atoms with Crippen molar-refractivity contribution >= 4 is 29.4 Å². The Balaban J connectivity index is 2.51. The predicted octanol–water partition coefficient (Wildman–Crippen LogP) is 2.78. The van der Waals surface area contributed by atoms with Crippen LogP contribution >= 0.6 is 11.8 Å². The third-order valence-corrected chi connectivity index (χ3v) is 3.34. The molecule has 0 aliphatic rings. The highest BCUT2D eigenvalue weighted by Gasteiger charge is 2.13. The van der Waals surface area contributed by atoms with Crippen LogP contribution in [-0.4, -0.2) is 29.4 Å². The van der Waals surface area contributed by atoms with Crippen molar-refractivity contribution in [1.29, 1.82) is 0 Å². The molecule has 0 heterocycles. The van der Waals surface area contributed by atoms with E-state index in [1.807, 2.05) is 37.4 Å². The number of benzene rings is 1. The Morgan fingerprint density at radius 2 is 1.95 bits per heavy atom. The maximum atomic E-state index is 11.7. The molecular weight excluding hydrogens is 264 g/mol. The van der Waals surface area contributed by atoms with Crippen molar-refractivity contribution in [2.45, 2.75) is 30.7 Å². The van der Waals surface area contributed by atoms with Crippen LogP contribution in [0.1, 0.15) is 19.8 Å². The number of urea groups is 1. The summed E-state index contributed by atoms with van der Waals surface area (Å²) < 4.78 is 0. The fourth-order valence-corrected chi connectivity index (χ4v) is 1.94. The average molecular weight is 282 g/mol. The molecule has 3 N–H and O–H groups in total. The van der Waals surface area contributed by atoms with Crippen molar-refractivity contribution in [1.82, 2.24) is 5.32 Å². The highest BCUT2D eigenvalue weighted by atomic mass is 32.2. The third kappa shape index (κ3) is 5.65. The summed E-state index contributed by atoms with van der Waals surface area (Å²) in [6.45, 7) is 1.83. The number of hydrogen-bond acceptors (Lipinski definition) is 3. The summed E-state index contributed by atoms with van der Waals surface area (Å²) in [4.78, 5) is 23.4. The van der Waals surface area contributed by atoms with Gasteiger partial charge < -0.3 is 15.7 Å². The van der Waals surface area contributed by atoms with Crippen molar-refractivity contribution in [2.75, 3.05) is 11.6 Å². The number of carbonyl (C=O) groups excluding carboxylic acids is 1. The van der Waals surface area contributed by atoms with Gasteiger partial charge in [-0.2, -0.15) is 0 Å². The van der Waals surface area contributed by atoms with E-state index in [1.54, 1.807) is 11.8 Å². The standard InChI is InChI=1S/C13H18N2O3S/c1-3-9(8-12(16)17)14-13(18)15-10-4-6-11(19-2)7-5-10/h4-7,9H,3,8H2,1-2H3,(H,16,17)(H2,14,15,18). The van der Waals surface area contributed by atoms with Crippen LogP contribution in [0.15, 0.2) is 29.2 Å². The van der Waals surface area contributed by atoms with E-state index in [4.69, 9.17) is 5.11 Å².